The molecular weight excluding hydrogens is 442 g/mol. The molecule has 1 aliphatic carbocycles. The summed E-state index contributed by atoms with van der Waals surface area (Å²) in [5, 5.41) is 10.8. The van der Waals surface area contributed by atoms with Crippen molar-refractivity contribution in [1.29, 1.82) is 5.41 Å². The van der Waals surface area contributed by atoms with E-state index in [1.54, 1.807) is 6.07 Å². The van der Waals surface area contributed by atoms with Crippen LogP contribution in [0.5, 0.6) is 11.5 Å². The molecule has 1 heterocycles. The van der Waals surface area contributed by atoms with Gasteiger partial charge in [-0.25, -0.2) is 15.6 Å². The minimum atomic E-state index is -0.476. The lowest BCUT2D eigenvalue weighted by atomic mass is 9.88. The first kappa shape index (κ1) is 23.5. The van der Waals surface area contributed by atoms with E-state index in [1.807, 2.05) is 73.7 Å². The highest BCUT2D eigenvalue weighted by molar-refractivity contribution is 6.05. The van der Waals surface area contributed by atoms with Crippen molar-refractivity contribution in [3.8, 4) is 22.8 Å². The van der Waals surface area contributed by atoms with Gasteiger partial charge in [-0.2, -0.15) is 0 Å². The van der Waals surface area contributed by atoms with Crippen molar-refractivity contribution in [1.82, 2.24) is 15.7 Å². The number of carbonyl (C=O) groups is 1. The Labute approximate surface area is 203 Å². The Morgan fingerprint density at radius 2 is 1.77 bits per heavy atom. The molecule has 1 atom stereocenters. The summed E-state index contributed by atoms with van der Waals surface area (Å²) in [5.74, 6) is 6.45. The third kappa shape index (κ3) is 5.31. The number of ether oxygens (including phenoxy) is 1. The van der Waals surface area contributed by atoms with Crippen LogP contribution in [-0.4, -0.2) is 16.9 Å². The van der Waals surface area contributed by atoms with Gasteiger partial charge < -0.3 is 21.5 Å². The summed E-state index contributed by atoms with van der Waals surface area (Å²) in [6.07, 6.45) is 4.31. The third-order valence-electron chi connectivity index (χ3n) is 5.65. The standard InChI is InChI=1S/C26H27N7O2/c1-15-13-17(31-26(34)33-30)9-12-20(15)22-14-21(27)23(25(28)29)24(32-22)16-7-10-19(11-8-16)35-18-5-3-2-4-6-18/h2-12,14-15H,13,30H2,1H3,(H2,27,32)(H3,28,29)(H2,31,33,34). The summed E-state index contributed by atoms with van der Waals surface area (Å²) in [4.78, 5) is 16.4. The monoisotopic (exact) mass is 469 g/mol. The molecule has 2 aromatic carbocycles. The first-order valence-electron chi connectivity index (χ1n) is 11.0. The molecule has 4 rings (SSSR count). The maximum absolute atomic E-state index is 11.5. The van der Waals surface area contributed by atoms with E-state index in [4.69, 9.17) is 32.4 Å². The number of nitrogens with one attached hydrogen (secondary N) is 3. The number of para-hydroxylation sites is 1. The summed E-state index contributed by atoms with van der Waals surface area (Å²) >= 11 is 0. The number of benzene rings is 2. The predicted molar refractivity (Wildman–Crippen MR) is 137 cm³/mol. The highest BCUT2D eigenvalue weighted by Crippen LogP contribution is 2.35. The highest BCUT2D eigenvalue weighted by atomic mass is 16.5. The number of amidine groups is 1. The lowest BCUT2D eigenvalue weighted by Crippen LogP contribution is -2.39. The minimum absolute atomic E-state index is 0.0534. The lowest BCUT2D eigenvalue weighted by molar-refractivity contribution is 0.243. The second kappa shape index (κ2) is 10.1. The zero-order chi connectivity index (χ0) is 24.9. The number of amides is 2. The number of urea groups is 1. The van der Waals surface area contributed by atoms with Gasteiger partial charge in [0.15, 0.2) is 0 Å². The van der Waals surface area contributed by atoms with Crippen molar-refractivity contribution in [2.24, 2.45) is 17.5 Å². The van der Waals surface area contributed by atoms with Gasteiger partial charge in [-0.3, -0.25) is 10.8 Å². The SMILES string of the molecule is CC1CC(NC(=O)NN)=CC=C1c1cc(N)c(C(=N)N)c(-c2ccc(Oc3ccccc3)cc2)n1. The maximum atomic E-state index is 11.5. The van der Waals surface area contributed by atoms with Crippen LogP contribution in [0.15, 0.2) is 78.5 Å². The van der Waals surface area contributed by atoms with Crippen LogP contribution in [0.3, 0.4) is 0 Å². The fourth-order valence-electron chi connectivity index (χ4n) is 3.99. The fourth-order valence-corrected chi connectivity index (χ4v) is 3.99. The first-order valence-corrected chi connectivity index (χ1v) is 11.0. The number of allylic oxidation sites excluding steroid dienone is 4. The Morgan fingerprint density at radius 3 is 2.40 bits per heavy atom. The van der Waals surface area contributed by atoms with Gasteiger partial charge in [0.1, 0.15) is 17.3 Å². The van der Waals surface area contributed by atoms with E-state index in [2.05, 4.69) is 10.7 Å². The van der Waals surface area contributed by atoms with Gasteiger partial charge in [0.25, 0.3) is 0 Å². The van der Waals surface area contributed by atoms with E-state index < -0.39 is 6.03 Å². The van der Waals surface area contributed by atoms with Crippen molar-refractivity contribution < 1.29 is 9.53 Å². The number of hydrogen-bond donors (Lipinski definition) is 6. The van der Waals surface area contributed by atoms with E-state index in [1.165, 1.54) is 0 Å². The molecule has 9 N–H and O–H groups in total. The zero-order valence-electron chi connectivity index (χ0n) is 19.2. The second-order valence-corrected chi connectivity index (χ2v) is 8.19. The van der Waals surface area contributed by atoms with Gasteiger partial charge in [-0.1, -0.05) is 31.2 Å². The molecule has 0 fully saturated rings. The Hall–Kier alpha value is -4.63. The number of rotatable bonds is 6. The van der Waals surface area contributed by atoms with Gasteiger partial charge >= 0.3 is 6.03 Å². The van der Waals surface area contributed by atoms with Gasteiger partial charge in [0.2, 0.25) is 0 Å². The summed E-state index contributed by atoms with van der Waals surface area (Å²) in [7, 11) is 0. The molecule has 0 spiro atoms. The molecule has 3 aromatic rings. The summed E-state index contributed by atoms with van der Waals surface area (Å²) in [6.45, 7) is 2.03. The summed E-state index contributed by atoms with van der Waals surface area (Å²) < 4.78 is 5.88. The molecule has 9 heteroatoms. The summed E-state index contributed by atoms with van der Waals surface area (Å²) in [6, 6.07) is 18.1. The van der Waals surface area contributed by atoms with Gasteiger partial charge in [0, 0.05) is 16.9 Å². The Kier molecular flexibility index (Phi) is 6.79. The average Bonchev–Trinajstić information content (AvgIpc) is 2.84. The molecule has 0 saturated heterocycles. The number of carbonyl (C=O) groups excluding carboxylic acids is 1. The molecule has 9 nitrogen and oxygen atoms in total. The Balaban J connectivity index is 1.69. The molecule has 1 aromatic heterocycles. The van der Waals surface area contributed by atoms with Crippen molar-refractivity contribution in [3.05, 3.63) is 89.8 Å². The highest BCUT2D eigenvalue weighted by Gasteiger charge is 2.22. The van der Waals surface area contributed by atoms with Crippen LogP contribution in [0, 0.1) is 11.3 Å². The molecule has 1 aliphatic rings. The quantitative estimate of drug-likeness (QED) is 0.105. The third-order valence-corrected chi connectivity index (χ3v) is 5.65. The van der Waals surface area contributed by atoms with Gasteiger partial charge in [-0.15, -0.1) is 0 Å². The smallest absolute Gasteiger partial charge is 0.333 e. The molecule has 0 aliphatic heterocycles. The fraction of sp³-hybridized carbons (Fsp3) is 0.115. The first-order chi connectivity index (χ1) is 16.9. The van der Waals surface area contributed by atoms with Crippen LogP contribution in [0.25, 0.3) is 16.8 Å². The van der Waals surface area contributed by atoms with Gasteiger partial charge in [0.05, 0.1) is 17.0 Å². The minimum Gasteiger partial charge on any atom is -0.457 e. The molecule has 35 heavy (non-hydrogen) atoms. The summed E-state index contributed by atoms with van der Waals surface area (Å²) in [5.41, 5.74) is 18.7. The van der Waals surface area contributed by atoms with Crippen LogP contribution >= 0.6 is 0 Å². The number of pyridine rings is 1. The number of anilines is 1. The van der Waals surface area contributed by atoms with Gasteiger partial charge in [-0.05, 0) is 66.5 Å². The van der Waals surface area contributed by atoms with Crippen LogP contribution in [0.2, 0.25) is 0 Å². The van der Waals surface area contributed by atoms with E-state index >= 15 is 0 Å². The number of hydrazine groups is 1. The average molecular weight is 470 g/mol. The molecule has 1 unspecified atom stereocenters. The molecular formula is C26H27N7O2. The number of nitrogen functional groups attached to an aromatic ring is 2. The topological polar surface area (TPSA) is 165 Å². The zero-order valence-corrected chi connectivity index (χ0v) is 19.2. The number of hydrogen-bond acceptors (Lipinski definition) is 6. The maximum Gasteiger partial charge on any atom is 0.333 e. The van der Waals surface area contributed by atoms with E-state index in [0.717, 1.165) is 22.6 Å². The Bertz CT molecular complexity index is 1320. The largest absolute Gasteiger partial charge is 0.457 e. The molecule has 0 radical (unpaired) electrons. The second-order valence-electron chi connectivity index (χ2n) is 8.19. The van der Waals surface area contributed by atoms with E-state index in [0.29, 0.717) is 34.8 Å². The van der Waals surface area contributed by atoms with Crippen LogP contribution in [-0.2, 0) is 0 Å². The van der Waals surface area contributed by atoms with E-state index in [-0.39, 0.29) is 11.8 Å². The van der Waals surface area contributed by atoms with Crippen LogP contribution in [0.1, 0.15) is 24.6 Å². The van der Waals surface area contributed by atoms with Crippen molar-refractivity contribution in [3.63, 3.8) is 0 Å². The molecule has 2 amide bonds. The van der Waals surface area contributed by atoms with Crippen LogP contribution in [0.4, 0.5) is 10.5 Å². The van der Waals surface area contributed by atoms with Crippen molar-refractivity contribution >= 4 is 23.1 Å². The number of aromatic nitrogens is 1. The number of nitrogens with zero attached hydrogens (tertiary/aromatic N) is 1. The molecule has 0 saturated carbocycles. The number of nitrogens with two attached hydrogens (primary N) is 3. The van der Waals surface area contributed by atoms with E-state index in [9.17, 15) is 4.79 Å². The van der Waals surface area contributed by atoms with Crippen LogP contribution < -0.4 is 32.8 Å². The normalized spacial score (nSPS) is 15.0. The predicted octanol–water partition coefficient (Wildman–Crippen LogP) is 3.89. The molecule has 0 bridgehead atoms. The van der Waals surface area contributed by atoms with Crippen molar-refractivity contribution in [2.75, 3.05) is 5.73 Å². The Morgan fingerprint density at radius 1 is 1.09 bits per heavy atom. The van der Waals surface area contributed by atoms with Crippen molar-refractivity contribution in [2.45, 2.75) is 13.3 Å². The lowest BCUT2D eigenvalue weighted by Gasteiger charge is -2.23. The molecule has 178 valence electrons.